The number of piperazine rings is 1. The molecule has 12 heteroatoms. The number of fused-ring (bicyclic) bond motifs is 1. The summed E-state index contributed by atoms with van der Waals surface area (Å²) in [7, 11) is 0. The molecule has 0 bridgehead atoms. The van der Waals surface area contributed by atoms with Crippen LogP contribution in [-0.4, -0.2) is 107 Å². The number of piperidine rings is 1. The summed E-state index contributed by atoms with van der Waals surface area (Å²) in [5.74, 6) is -1.07. The number of carbonyl (C=O) groups excluding carboxylic acids is 3. The van der Waals surface area contributed by atoms with Crippen molar-refractivity contribution in [3.8, 4) is 5.75 Å². The van der Waals surface area contributed by atoms with Gasteiger partial charge in [0, 0.05) is 69.7 Å². The lowest BCUT2D eigenvalue weighted by atomic mass is 10.0. The molecular weight excluding hydrogens is 626 g/mol. The van der Waals surface area contributed by atoms with E-state index >= 15 is 0 Å². The number of phenolic OH excluding ortho intramolecular Hbond substituents is 1. The number of benzene rings is 3. The molecule has 12 nitrogen and oxygen atoms in total. The number of urea groups is 1. The minimum absolute atomic E-state index is 0.0182. The minimum Gasteiger partial charge on any atom is -0.507 e. The Morgan fingerprint density at radius 2 is 1.53 bits per heavy atom. The number of aromatic carboxylic acids is 1. The molecule has 0 saturated carbocycles. The van der Waals surface area contributed by atoms with Gasteiger partial charge in [-0.1, -0.05) is 30.3 Å². The maximum Gasteiger partial charge on any atom is 0.410 e. The standard InChI is InChI=1S/C37H43N5O7/c1-24-21-26(22-25(2)33(24)43)23-32(34(44)40-19-17-39(18-20-40)29-9-7-28(8-10-29)35(45)46)49-37(48)41-14-12-30(13-15-41)42-16-11-27-5-3-4-6-31(27)38-36(42)47/h3-10,21-22,30,32,43H,11-20,23H2,1-2H3,(H,38,47)(H,45,46). The van der Waals surface area contributed by atoms with Gasteiger partial charge in [0.05, 0.1) is 5.56 Å². The molecule has 4 amide bonds. The molecule has 1 unspecified atom stereocenters. The number of aryl methyl sites for hydroxylation is 2. The van der Waals surface area contributed by atoms with Gasteiger partial charge in [0.15, 0.2) is 6.10 Å². The Hall–Kier alpha value is -5.26. The first-order valence-corrected chi connectivity index (χ1v) is 16.8. The molecule has 3 aliphatic heterocycles. The second-order valence-electron chi connectivity index (χ2n) is 13.1. The van der Waals surface area contributed by atoms with Crippen LogP contribution in [0.5, 0.6) is 5.75 Å². The van der Waals surface area contributed by atoms with Crippen LogP contribution in [0.25, 0.3) is 0 Å². The second-order valence-corrected chi connectivity index (χ2v) is 13.1. The number of phenols is 1. The molecule has 3 aliphatic rings. The molecule has 3 N–H and O–H groups in total. The summed E-state index contributed by atoms with van der Waals surface area (Å²) in [6.07, 6.45) is 0.488. The Bertz CT molecular complexity index is 1690. The Balaban J connectivity index is 1.10. The fourth-order valence-corrected chi connectivity index (χ4v) is 7.05. The minimum atomic E-state index is -1.06. The number of carboxylic acids is 1. The Morgan fingerprint density at radius 1 is 0.878 bits per heavy atom. The molecule has 2 saturated heterocycles. The van der Waals surface area contributed by atoms with E-state index in [4.69, 9.17) is 4.74 Å². The lowest BCUT2D eigenvalue weighted by Gasteiger charge is -2.39. The highest BCUT2D eigenvalue weighted by atomic mass is 16.6. The van der Waals surface area contributed by atoms with E-state index in [1.165, 1.54) is 0 Å². The molecule has 0 aliphatic carbocycles. The van der Waals surface area contributed by atoms with Crippen LogP contribution in [0.1, 0.15) is 45.5 Å². The van der Waals surface area contributed by atoms with Crippen molar-refractivity contribution in [1.82, 2.24) is 14.7 Å². The normalized spacial score (nSPS) is 17.6. The third-order valence-electron chi connectivity index (χ3n) is 9.87. The molecule has 3 heterocycles. The third-order valence-corrected chi connectivity index (χ3v) is 9.87. The monoisotopic (exact) mass is 669 g/mol. The first kappa shape index (κ1) is 33.6. The summed E-state index contributed by atoms with van der Waals surface area (Å²) < 4.78 is 6.00. The van der Waals surface area contributed by atoms with Gasteiger partial charge in [0.2, 0.25) is 0 Å². The highest BCUT2D eigenvalue weighted by molar-refractivity contribution is 5.91. The van der Waals surface area contributed by atoms with E-state index in [1.807, 2.05) is 41.3 Å². The number of anilines is 2. The molecule has 0 aromatic heterocycles. The Kier molecular flexibility index (Phi) is 9.93. The first-order valence-electron chi connectivity index (χ1n) is 16.8. The van der Waals surface area contributed by atoms with Crippen LogP contribution >= 0.6 is 0 Å². The predicted octanol–water partition coefficient (Wildman–Crippen LogP) is 4.66. The summed E-state index contributed by atoms with van der Waals surface area (Å²) in [6, 6.07) is 18.0. The summed E-state index contributed by atoms with van der Waals surface area (Å²) in [6.45, 7) is 6.89. The van der Waals surface area contributed by atoms with E-state index < -0.39 is 18.2 Å². The molecule has 258 valence electrons. The summed E-state index contributed by atoms with van der Waals surface area (Å²) >= 11 is 0. The zero-order valence-electron chi connectivity index (χ0n) is 27.9. The quantitative estimate of drug-likeness (QED) is 0.330. The molecule has 0 spiro atoms. The number of aromatic hydroxyl groups is 1. The summed E-state index contributed by atoms with van der Waals surface area (Å²) in [5.41, 5.74) is 5.16. The Morgan fingerprint density at radius 3 is 2.18 bits per heavy atom. The van der Waals surface area contributed by atoms with Crippen molar-refractivity contribution < 1.29 is 34.1 Å². The van der Waals surface area contributed by atoms with Gasteiger partial charge in [-0.3, -0.25) is 4.79 Å². The van der Waals surface area contributed by atoms with Gasteiger partial charge in [0.1, 0.15) is 5.75 Å². The van der Waals surface area contributed by atoms with E-state index in [9.17, 15) is 29.4 Å². The van der Waals surface area contributed by atoms with E-state index in [-0.39, 0.29) is 35.7 Å². The van der Waals surface area contributed by atoms with Gasteiger partial charge in [0.25, 0.3) is 5.91 Å². The van der Waals surface area contributed by atoms with Crippen molar-refractivity contribution in [2.45, 2.75) is 51.7 Å². The van der Waals surface area contributed by atoms with Crippen LogP contribution in [-0.2, 0) is 22.4 Å². The largest absolute Gasteiger partial charge is 0.507 e. The third kappa shape index (κ3) is 7.58. The van der Waals surface area contributed by atoms with Gasteiger partial charge in [-0.2, -0.15) is 0 Å². The zero-order chi connectivity index (χ0) is 34.7. The summed E-state index contributed by atoms with van der Waals surface area (Å²) in [5, 5.41) is 22.6. The van der Waals surface area contributed by atoms with Gasteiger partial charge >= 0.3 is 18.1 Å². The average molecular weight is 670 g/mol. The average Bonchev–Trinajstić information content (AvgIpc) is 3.28. The number of para-hydroxylation sites is 1. The van der Waals surface area contributed by atoms with Crippen molar-refractivity contribution >= 4 is 35.4 Å². The number of carbonyl (C=O) groups is 4. The van der Waals surface area contributed by atoms with E-state index in [0.717, 1.165) is 28.9 Å². The molecular formula is C37H43N5O7. The van der Waals surface area contributed by atoms with Crippen molar-refractivity contribution in [3.05, 3.63) is 88.5 Å². The van der Waals surface area contributed by atoms with Crippen molar-refractivity contribution in [2.24, 2.45) is 0 Å². The second kappa shape index (κ2) is 14.5. The molecule has 0 radical (unpaired) electrons. The van der Waals surface area contributed by atoms with E-state index in [1.54, 1.807) is 47.9 Å². The molecule has 1 atom stereocenters. The van der Waals surface area contributed by atoms with E-state index in [2.05, 4.69) is 10.2 Å². The fourth-order valence-electron chi connectivity index (χ4n) is 7.05. The lowest BCUT2D eigenvalue weighted by Crippen LogP contribution is -2.54. The number of likely N-dealkylation sites (tertiary alicyclic amines) is 1. The number of amides is 4. The van der Waals surface area contributed by atoms with Gasteiger partial charge in [-0.25, -0.2) is 14.4 Å². The molecule has 6 rings (SSSR count). The highest BCUT2D eigenvalue weighted by Gasteiger charge is 2.35. The van der Waals surface area contributed by atoms with Crippen LogP contribution in [0, 0.1) is 13.8 Å². The van der Waals surface area contributed by atoms with Gasteiger partial charge in [-0.05, 0) is 85.7 Å². The number of nitrogens with zero attached hydrogens (tertiary/aromatic N) is 4. The smallest absolute Gasteiger partial charge is 0.410 e. The maximum absolute atomic E-state index is 14.0. The number of hydrogen-bond acceptors (Lipinski definition) is 7. The summed E-state index contributed by atoms with van der Waals surface area (Å²) in [4.78, 5) is 59.2. The maximum atomic E-state index is 14.0. The van der Waals surface area contributed by atoms with E-state index in [0.29, 0.717) is 69.8 Å². The number of hydrogen-bond donors (Lipinski definition) is 3. The first-order chi connectivity index (χ1) is 23.6. The number of rotatable bonds is 7. The number of ether oxygens (including phenoxy) is 1. The van der Waals surface area contributed by atoms with Crippen LogP contribution in [0.4, 0.5) is 21.0 Å². The fraction of sp³-hybridized carbons (Fsp3) is 0.405. The van der Waals surface area contributed by atoms with Crippen molar-refractivity contribution in [3.63, 3.8) is 0 Å². The zero-order valence-corrected chi connectivity index (χ0v) is 27.9. The Labute approximate surface area is 285 Å². The van der Waals surface area contributed by atoms with Gasteiger partial charge < -0.3 is 39.9 Å². The van der Waals surface area contributed by atoms with Crippen LogP contribution in [0.3, 0.4) is 0 Å². The topological polar surface area (TPSA) is 143 Å². The van der Waals surface area contributed by atoms with Crippen LogP contribution < -0.4 is 10.2 Å². The molecule has 2 fully saturated rings. The number of carboxylic acid groups (broad SMARTS) is 1. The van der Waals surface area contributed by atoms with Crippen LogP contribution in [0.2, 0.25) is 0 Å². The molecule has 3 aromatic rings. The molecule has 49 heavy (non-hydrogen) atoms. The number of nitrogens with one attached hydrogen (secondary N) is 1. The van der Waals surface area contributed by atoms with Crippen LogP contribution in [0.15, 0.2) is 60.7 Å². The predicted molar refractivity (Wildman–Crippen MR) is 184 cm³/mol. The SMILES string of the molecule is Cc1cc(CC(OC(=O)N2CCC(N3CCc4ccccc4NC3=O)CC2)C(=O)N2CCN(c3ccc(C(=O)O)cc3)CC2)cc(C)c1O. The van der Waals surface area contributed by atoms with Gasteiger partial charge in [-0.15, -0.1) is 0 Å². The highest BCUT2D eigenvalue weighted by Crippen LogP contribution is 2.27. The molecule has 3 aromatic carbocycles. The van der Waals surface area contributed by atoms with Crippen molar-refractivity contribution in [2.75, 3.05) is 56.0 Å². The van der Waals surface area contributed by atoms with Crippen molar-refractivity contribution in [1.29, 1.82) is 0 Å². The lowest BCUT2D eigenvalue weighted by molar-refractivity contribution is -0.141.